The summed E-state index contributed by atoms with van der Waals surface area (Å²) in [5, 5.41) is 6.99. The number of nitrogens with zero attached hydrogens (tertiary/aromatic N) is 2. The van der Waals surface area contributed by atoms with E-state index < -0.39 is 0 Å². The third-order valence-electron chi connectivity index (χ3n) is 4.53. The number of hydrogen-bond acceptors (Lipinski definition) is 3. The van der Waals surface area contributed by atoms with Gasteiger partial charge >= 0.3 is 0 Å². The Morgan fingerprint density at radius 2 is 2.12 bits per heavy atom. The molecule has 1 heterocycles. The third kappa shape index (κ3) is 6.04. The standard InChI is InChI=1S/C19H32N4O/c1-4-12-23-13-9-17(10-14-23)22-19(20-2)21-11-8-16-6-5-7-18(15-16)24-3/h5-7,15,17H,4,8-14H2,1-3H3,(H2,20,21,22). The van der Waals surface area contributed by atoms with E-state index in [0.29, 0.717) is 6.04 Å². The Bertz CT molecular complexity index is 510. The van der Waals surface area contributed by atoms with Gasteiger partial charge in [0.1, 0.15) is 5.75 Å². The van der Waals surface area contributed by atoms with Crippen LogP contribution in [0, 0.1) is 0 Å². The molecule has 5 nitrogen and oxygen atoms in total. The molecule has 0 amide bonds. The predicted molar refractivity (Wildman–Crippen MR) is 101 cm³/mol. The summed E-state index contributed by atoms with van der Waals surface area (Å²) in [5.41, 5.74) is 1.27. The maximum absolute atomic E-state index is 5.27. The second-order valence-corrected chi connectivity index (χ2v) is 6.36. The Morgan fingerprint density at radius 1 is 1.33 bits per heavy atom. The number of likely N-dealkylation sites (tertiary alicyclic amines) is 1. The van der Waals surface area contributed by atoms with Gasteiger partial charge in [0.2, 0.25) is 0 Å². The molecule has 0 atom stereocenters. The molecule has 0 aliphatic carbocycles. The first-order valence-corrected chi connectivity index (χ1v) is 9.07. The quantitative estimate of drug-likeness (QED) is 0.594. The zero-order valence-electron chi connectivity index (χ0n) is 15.3. The summed E-state index contributed by atoms with van der Waals surface area (Å²) in [5.74, 6) is 1.82. The SMILES string of the molecule is CCCN1CCC(NC(=NC)NCCc2cccc(OC)c2)CC1. The summed E-state index contributed by atoms with van der Waals surface area (Å²) in [7, 11) is 3.54. The molecular weight excluding hydrogens is 300 g/mol. The minimum Gasteiger partial charge on any atom is -0.497 e. The average molecular weight is 332 g/mol. The Kier molecular flexibility index (Phi) is 7.89. The molecule has 134 valence electrons. The van der Waals surface area contributed by atoms with Crippen LogP contribution in [0.25, 0.3) is 0 Å². The summed E-state index contributed by atoms with van der Waals surface area (Å²) >= 11 is 0. The lowest BCUT2D eigenvalue weighted by Gasteiger charge is -2.32. The number of nitrogens with one attached hydrogen (secondary N) is 2. The van der Waals surface area contributed by atoms with Gasteiger partial charge in [-0.2, -0.15) is 0 Å². The van der Waals surface area contributed by atoms with Crippen LogP contribution in [-0.4, -0.2) is 57.2 Å². The number of aliphatic imine (C=N–C) groups is 1. The van der Waals surface area contributed by atoms with Crippen LogP contribution in [0.15, 0.2) is 29.3 Å². The summed E-state index contributed by atoms with van der Waals surface area (Å²) in [6, 6.07) is 8.75. The van der Waals surface area contributed by atoms with Crippen LogP contribution in [0.2, 0.25) is 0 Å². The molecular formula is C19H32N4O. The molecule has 0 radical (unpaired) electrons. The van der Waals surface area contributed by atoms with Gasteiger partial charge in [-0.25, -0.2) is 0 Å². The number of methoxy groups -OCH3 is 1. The lowest BCUT2D eigenvalue weighted by molar-refractivity contribution is 0.206. The van der Waals surface area contributed by atoms with E-state index in [9.17, 15) is 0 Å². The highest BCUT2D eigenvalue weighted by Gasteiger charge is 2.19. The van der Waals surface area contributed by atoms with Gasteiger partial charge in [-0.05, 0) is 49.9 Å². The van der Waals surface area contributed by atoms with E-state index in [1.165, 1.54) is 44.5 Å². The highest BCUT2D eigenvalue weighted by molar-refractivity contribution is 5.79. The van der Waals surface area contributed by atoms with Crippen LogP contribution >= 0.6 is 0 Å². The number of guanidine groups is 1. The smallest absolute Gasteiger partial charge is 0.191 e. The lowest BCUT2D eigenvalue weighted by Crippen LogP contribution is -2.49. The van der Waals surface area contributed by atoms with Crippen LogP contribution in [0.3, 0.4) is 0 Å². The number of piperidine rings is 1. The van der Waals surface area contributed by atoms with Gasteiger partial charge in [-0.3, -0.25) is 4.99 Å². The molecule has 0 bridgehead atoms. The Hall–Kier alpha value is -1.75. The van der Waals surface area contributed by atoms with Crippen LogP contribution in [-0.2, 0) is 6.42 Å². The van der Waals surface area contributed by atoms with Crippen LogP contribution < -0.4 is 15.4 Å². The molecule has 0 aromatic heterocycles. The fourth-order valence-electron chi connectivity index (χ4n) is 3.16. The molecule has 1 aromatic carbocycles. The van der Waals surface area contributed by atoms with Crippen molar-refractivity contribution in [2.45, 2.75) is 38.6 Å². The molecule has 0 unspecified atom stereocenters. The highest BCUT2D eigenvalue weighted by atomic mass is 16.5. The number of benzene rings is 1. The summed E-state index contributed by atoms with van der Waals surface area (Å²) in [6.45, 7) is 6.71. The van der Waals surface area contributed by atoms with Crippen molar-refractivity contribution in [3.63, 3.8) is 0 Å². The van der Waals surface area contributed by atoms with E-state index in [1.54, 1.807) is 7.11 Å². The lowest BCUT2D eigenvalue weighted by atomic mass is 10.1. The van der Waals surface area contributed by atoms with Gasteiger partial charge in [0.15, 0.2) is 5.96 Å². The molecule has 2 N–H and O–H groups in total. The first-order chi connectivity index (χ1) is 11.7. The van der Waals surface area contributed by atoms with Crippen molar-refractivity contribution in [1.29, 1.82) is 0 Å². The molecule has 2 rings (SSSR count). The molecule has 24 heavy (non-hydrogen) atoms. The zero-order valence-corrected chi connectivity index (χ0v) is 15.3. The fraction of sp³-hybridized carbons (Fsp3) is 0.632. The van der Waals surface area contributed by atoms with Gasteiger partial charge < -0.3 is 20.3 Å². The van der Waals surface area contributed by atoms with E-state index in [2.05, 4.69) is 39.6 Å². The molecule has 1 aliphatic rings. The minimum absolute atomic E-state index is 0.529. The van der Waals surface area contributed by atoms with Crippen LogP contribution in [0.5, 0.6) is 5.75 Å². The molecule has 1 aromatic rings. The Balaban J connectivity index is 1.71. The molecule has 0 saturated carbocycles. The predicted octanol–water partition coefficient (Wildman–Crippen LogP) is 2.28. The van der Waals surface area contributed by atoms with E-state index in [4.69, 9.17) is 4.74 Å². The second kappa shape index (κ2) is 10.2. The van der Waals surface area contributed by atoms with Crippen molar-refractivity contribution in [2.75, 3.05) is 40.3 Å². The van der Waals surface area contributed by atoms with E-state index >= 15 is 0 Å². The third-order valence-corrected chi connectivity index (χ3v) is 4.53. The number of hydrogen-bond donors (Lipinski definition) is 2. The maximum atomic E-state index is 5.27. The van der Waals surface area contributed by atoms with E-state index in [1.807, 2.05) is 19.2 Å². The van der Waals surface area contributed by atoms with Crippen molar-refractivity contribution in [3.05, 3.63) is 29.8 Å². The van der Waals surface area contributed by atoms with Crippen LogP contribution in [0.1, 0.15) is 31.7 Å². The van der Waals surface area contributed by atoms with Gasteiger partial charge in [0.05, 0.1) is 7.11 Å². The van der Waals surface area contributed by atoms with Gasteiger partial charge in [0, 0.05) is 32.7 Å². The van der Waals surface area contributed by atoms with Crippen molar-refractivity contribution >= 4 is 5.96 Å². The van der Waals surface area contributed by atoms with Gasteiger partial charge in [-0.1, -0.05) is 19.1 Å². The number of rotatable bonds is 7. The van der Waals surface area contributed by atoms with E-state index in [0.717, 1.165) is 24.7 Å². The highest BCUT2D eigenvalue weighted by Crippen LogP contribution is 2.13. The van der Waals surface area contributed by atoms with E-state index in [-0.39, 0.29) is 0 Å². The maximum Gasteiger partial charge on any atom is 0.191 e. The molecule has 5 heteroatoms. The summed E-state index contributed by atoms with van der Waals surface area (Å²) in [6.07, 6.45) is 4.58. The second-order valence-electron chi connectivity index (χ2n) is 6.36. The van der Waals surface area contributed by atoms with Crippen molar-refractivity contribution < 1.29 is 4.74 Å². The van der Waals surface area contributed by atoms with Crippen molar-refractivity contribution in [2.24, 2.45) is 4.99 Å². The monoisotopic (exact) mass is 332 g/mol. The van der Waals surface area contributed by atoms with Crippen LogP contribution in [0.4, 0.5) is 0 Å². The summed E-state index contributed by atoms with van der Waals surface area (Å²) in [4.78, 5) is 6.91. The Morgan fingerprint density at radius 3 is 2.79 bits per heavy atom. The fourth-order valence-corrected chi connectivity index (χ4v) is 3.16. The zero-order chi connectivity index (χ0) is 17.2. The topological polar surface area (TPSA) is 48.9 Å². The molecule has 1 aliphatic heterocycles. The first-order valence-electron chi connectivity index (χ1n) is 9.07. The Labute approximate surface area is 146 Å². The minimum atomic E-state index is 0.529. The summed E-state index contributed by atoms with van der Waals surface area (Å²) < 4.78 is 5.27. The molecule has 0 spiro atoms. The van der Waals surface area contributed by atoms with Crippen molar-refractivity contribution in [1.82, 2.24) is 15.5 Å². The average Bonchev–Trinajstić information content (AvgIpc) is 2.63. The number of ether oxygens (including phenoxy) is 1. The molecule has 1 fully saturated rings. The molecule has 1 saturated heterocycles. The van der Waals surface area contributed by atoms with Gasteiger partial charge in [-0.15, -0.1) is 0 Å². The first kappa shape index (κ1) is 18.6. The van der Waals surface area contributed by atoms with Crippen molar-refractivity contribution in [3.8, 4) is 5.75 Å². The largest absolute Gasteiger partial charge is 0.497 e. The normalized spacial score (nSPS) is 16.9. The van der Waals surface area contributed by atoms with Gasteiger partial charge in [0.25, 0.3) is 0 Å².